The predicted molar refractivity (Wildman–Crippen MR) is 73.8 cm³/mol. The zero-order chi connectivity index (χ0) is 13.7. The molecule has 0 saturated carbocycles. The van der Waals surface area contributed by atoms with Gasteiger partial charge in [0, 0.05) is 18.3 Å². The minimum absolute atomic E-state index is 0.0375. The van der Waals surface area contributed by atoms with Crippen molar-refractivity contribution in [1.29, 1.82) is 0 Å². The van der Waals surface area contributed by atoms with E-state index in [1.165, 1.54) is 5.56 Å². The monoisotopic (exact) mass is 250 g/mol. The first-order valence-electron chi connectivity index (χ1n) is 6.19. The van der Waals surface area contributed by atoms with Gasteiger partial charge < -0.3 is 15.7 Å². The molecule has 100 valence electrons. The molecule has 0 spiro atoms. The van der Waals surface area contributed by atoms with Gasteiger partial charge in [-0.2, -0.15) is 0 Å². The van der Waals surface area contributed by atoms with Gasteiger partial charge >= 0.3 is 6.03 Å². The van der Waals surface area contributed by atoms with Crippen molar-refractivity contribution < 1.29 is 9.90 Å². The maximum absolute atomic E-state index is 11.7. The molecule has 2 amide bonds. The van der Waals surface area contributed by atoms with Crippen molar-refractivity contribution in [3.8, 4) is 0 Å². The minimum atomic E-state index is -0.244. The molecule has 3 N–H and O–H groups in total. The Morgan fingerprint density at radius 1 is 1.28 bits per heavy atom. The first-order chi connectivity index (χ1) is 8.43. The number of urea groups is 1. The molecule has 0 aromatic heterocycles. The first kappa shape index (κ1) is 14.5. The lowest BCUT2D eigenvalue weighted by molar-refractivity contribution is 0.204. The van der Waals surface area contributed by atoms with E-state index >= 15 is 0 Å². The third-order valence-electron chi connectivity index (χ3n) is 3.27. The molecule has 0 saturated heterocycles. The molecule has 2 unspecified atom stereocenters. The Kier molecular flexibility index (Phi) is 5.16. The van der Waals surface area contributed by atoms with Gasteiger partial charge in [0.25, 0.3) is 0 Å². The van der Waals surface area contributed by atoms with Crippen LogP contribution in [0.1, 0.15) is 25.0 Å². The highest BCUT2D eigenvalue weighted by atomic mass is 16.3. The van der Waals surface area contributed by atoms with Crippen LogP contribution < -0.4 is 10.6 Å². The molecule has 0 radical (unpaired) electrons. The Hall–Kier alpha value is -1.55. The highest BCUT2D eigenvalue weighted by Crippen LogP contribution is 2.14. The summed E-state index contributed by atoms with van der Waals surface area (Å²) in [5.74, 6) is 0.0375. The summed E-state index contributed by atoms with van der Waals surface area (Å²) >= 11 is 0. The summed E-state index contributed by atoms with van der Waals surface area (Å²) in [5.41, 5.74) is 3.12. The van der Waals surface area contributed by atoms with Crippen molar-refractivity contribution in [2.24, 2.45) is 5.92 Å². The highest BCUT2D eigenvalue weighted by molar-refractivity contribution is 5.89. The fourth-order valence-corrected chi connectivity index (χ4v) is 1.49. The number of aryl methyl sites for hydroxylation is 2. The number of rotatable bonds is 4. The van der Waals surface area contributed by atoms with Crippen molar-refractivity contribution in [2.45, 2.75) is 33.7 Å². The molecule has 2 atom stereocenters. The summed E-state index contributed by atoms with van der Waals surface area (Å²) in [6.07, 6.45) is 0. The van der Waals surface area contributed by atoms with E-state index in [1.807, 2.05) is 45.9 Å². The number of amides is 2. The quantitative estimate of drug-likeness (QED) is 0.768. The SMILES string of the molecule is Cc1ccc(NC(=O)NC(C)C(C)CO)cc1C. The van der Waals surface area contributed by atoms with E-state index in [2.05, 4.69) is 10.6 Å². The largest absolute Gasteiger partial charge is 0.396 e. The van der Waals surface area contributed by atoms with Crippen LogP contribution >= 0.6 is 0 Å². The van der Waals surface area contributed by atoms with Crippen LogP contribution in [0.4, 0.5) is 10.5 Å². The molecule has 0 aliphatic rings. The van der Waals surface area contributed by atoms with Crippen LogP contribution in [-0.4, -0.2) is 23.8 Å². The Labute approximate surface area is 108 Å². The fraction of sp³-hybridized carbons (Fsp3) is 0.500. The second kappa shape index (κ2) is 6.40. The standard InChI is InChI=1S/C14H22N2O2/c1-9-5-6-13(7-10(9)2)16-14(18)15-12(4)11(3)8-17/h5-7,11-12,17H,8H2,1-4H3,(H2,15,16,18). The van der Waals surface area contributed by atoms with Crippen LogP contribution in [0.25, 0.3) is 0 Å². The number of hydrogen-bond acceptors (Lipinski definition) is 2. The second-order valence-electron chi connectivity index (χ2n) is 4.85. The Morgan fingerprint density at radius 2 is 1.94 bits per heavy atom. The normalized spacial score (nSPS) is 13.8. The molecular weight excluding hydrogens is 228 g/mol. The number of hydrogen-bond donors (Lipinski definition) is 3. The number of aliphatic hydroxyl groups is 1. The van der Waals surface area contributed by atoms with E-state index in [-0.39, 0.29) is 24.6 Å². The van der Waals surface area contributed by atoms with E-state index in [0.29, 0.717) is 0 Å². The number of nitrogens with one attached hydrogen (secondary N) is 2. The molecule has 0 heterocycles. The molecule has 18 heavy (non-hydrogen) atoms. The molecule has 0 fully saturated rings. The van der Waals surface area contributed by atoms with Crippen LogP contribution in [0.15, 0.2) is 18.2 Å². The smallest absolute Gasteiger partial charge is 0.319 e. The molecule has 4 nitrogen and oxygen atoms in total. The summed E-state index contributed by atoms with van der Waals surface area (Å²) in [5, 5.41) is 14.6. The van der Waals surface area contributed by atoms with Crippen LogP contribution in [-0.2, 0) is 0 Å². The Balaban J connectivity index is 2.57. The van der Waals surface area contributed by atoms with Gasteiger partial charge in [0.2, 0.25) is 0 Å². The van der Waals surface area contributed by atoms with Crippen LogP contribution in [0.3, 0.4) is 0 Å². The molecular formula is C14H22N2O2. The number of carbonyl (C=O) groups is 1. The lowest BCUT2D eigenvalue weighted by Gasteiger charge is -2.19. The molecule has 0 aliphatic heterocycles. The summed E-state index contributed by atoms with van der Waals surface area (Å²) in [4.78, 5) is 11.7. The lowest BCUT2D eigenvalue weighted by atomic mass is 10.1. The van der Waals surface area contributed by atoms with Gasteiger partial charge in [-0.15, -0.1) is 0 Å². The third kappa shape index (κ3) is 4.04. The van der Waals surface area contributed by atoms with E-state index in [0.717, 1.165) is 11.3 Å². The fourth-order valence-electron chi connectivity index (χ4n) is 1.49. The zero-order valence-electron chi connectivity index (χ0n) is 11.4. The molecule has 0 bridgehead atoms. The van der Waals surface area contributed by atoms with Crippen LogP contribution in [0, 0.1) is 19.8 Å². The topological polar surface area (TPSA) is 61.4 Å². The average Bonchev–Trinajstić information content (AvgIpc) is 2.32. The van der Waals surface area contributed by atoms with Crippen molar-refractivity contribution in [3.63, 3.8) is 0 Å². The van der Waals surface area contributed by atoms with Gasteiger partial charge in [-0.1, -0.05) is 13.0 Å². The van der Waals surface area contributed by atoms with Gasteiger partial charge in [-0.05, 0) is 49.9 Å². The van der Waals surface area contributed by atoms with E-state index < -0.39 is 0 Å². The molecule has 4 heteroatoms. The number of anilines is 1. The Morgan fingerprint density at radius 3 is 2.50 bits per heavy atom. The maximum Gasteiger partial charge on any atom is 0.319 e. The third-order valence-corrected chi connectivity index (χ3v) is 3.27. The number of carbonyl (C=O) groups excluding carboxylic acids is 1. The number of benzene rings is 1. The van der Waals surface area contributed by atoms with Gasteiger partial charge in [-0.25, -0.2) is 4.79 Å². The summed E-state index contributed by atoms with van der Waals surface area (Å²) in [7, 11) is 0. The molecule has 1 rings (SSSR count). The number of aliphatic hydroxyl groups excluding tert-OH is 1. The van der Waals surface area contributed by atoms with Crippen molar-refractivity contribution in [2.75, 3.05) is 11.9 Å². The van der Waals surface area contributed by atoms with Gasteiger partial charge in [0.1, 0.15) is 0 Å². The highest BCUT2D eigenvalue weighted by Gasteiger charge is 2.13. The lowest BCUT2D eigenvalue weighted by Crippen LogP contribution is -2.40. The molecule has 1 aromatic carbocycles. The minimum Gasteiger partial charge on any atom is -0.396 e. The van der Waals surface area contributed by atoms with E-state index in [4.69, 9.17) is 5.11 Å². The van der Waals surface area contributed by atoms with Gasteiger partial charge in [0.05, 0.1) is 0 Å². The average molecular weight is 250 g/mol. The summed E-state index contributed by atoms with van der Waals surface area (Å²) in [6, 6.07) is 5.48. The van der Waals surface area contributed by atoms with E-state index in [9.17, 15) is 4.79 Å². The zero-order valence-corrected chi connectivity index (χ0v) is 11.4. The van der Waals surface area contributed by atoms with Crippen molar-refractivity contribution in [3.05, 3.63) is 29.3 Å². The predicted octanol–water partition coefficient (Wildman–Crippen LogP) is 2.44. The second-order valence-corrected chi connectivity index (χ2v) is 4.85. The van der Waals surface area contributed by atoms with Crippen LogP contribution in [0.5, 0.6) is 0 Å². The molecule has 1 aromatic rings. The van der Waals surface area contributed by atoms with Gasteiger partial charge in [0.15, 0.2) is 0 Å². The van der Waals surface area contributed by atoms with Crippen molar-refractivity contribution in [1.82, 2.24) is 5.32 Å². The van der Waals surface area contributed by atoms with Crippen LogP contribution in [0.2, 0.25) is 0 Å². The summed E-state index contributed by atoms with van der Waals surface area (Å²) in [6.45, 7) is 7.87. The first-order valence-corrected chi connectivity index (χ1v) is 6.19. The van der Waals surface area contributed by atoms with Gasteiger partial charge in [-0.3, -0.25) is 0 Å². The Bertz CT molecular complexity index is 418. The maximum atomic E-state index is 11.7. The summed E-state index contributed by atoms with van der Waals surface area (Å²) < 4.78 is 0. The van der Waals surface area contributed by atoms with Crippen molar-refractivity contribution >= 4 is 11.7 Å². The van der Waals surface area contributed by atoms with E-state index in [1.54, 1.807) is 0 Å². The molecule has 0 aliphatic carbocycles.